The van der Waals surface area contributed by atoms with Gasteiger partial charge in [0.1, 0.15) is 5.92 Å². The minimum atomic E-state index is -1.48. The summed E-state index contributed by atoms with van der Waals surface area (Å²) in [4.78, 5) is 26.2. The van der Waals surface area contributed by atoms with Crippen LogP contribution in [-0.4, -0.2) is 41.6 Å². The molecule has 4 atom stereocenters. The van der Waals surface area contributed by atoms with E-state index in [1.807, 2.05) is 60.7 Å². The fourth-order valence-electron chi connectivity index (χ4n) is 4.34. The summed E-state index contributed by atoms with van der Waals surface area (Å²) in [5, 5.41) is 15.9. The molecule has 2 aromatic rings. The van der Waals surface area contributed by atoms with E-state index in [-0.39, 0.29) is 19.6 Å². The van der Waals surface area contributed by atoms with Crippen LogP contribution in [-0.2, 0) is 19.1 Å². The van der Waals surface area contributed by atoms with Crippen LogP contribution in [0.4, 0.5) is 5.69 Å². The molecular formula is C25H30N2O5. The van der Waals surface area contributed by atoms with Crippen LogP contribution in [0.2, 0.25) is 0 Å². The van der Waals surface area contributed by atoms with E-state index in [1.54, 1.807) is 20.8 Å². The van der Waals surface area contributed by atoms with E-state index in [1.165, 1.54) is 0 Å². The van der Waals surface area contributed by atoms with Gasteiger partial charge in [0, 0.05) is 12.3 Å². The highest BCUT2D eigenvalue weighted by Crippen LogP contribution is 2.47. The van der Waals surface area contributed by atoms with Crippen molar-refractivity contribution in [3.05, 3.63) is 66.2 Å². The molecule has 1 saturated carbocycles. The lowest BCUT2D eigenvalue weighted by molar-refractivity contribution is -0.163. The molecule has 1 aliphatic carbocycles. The van der Waals surface area contributed by atoms with Crippen molar-refractivity contribution in [3.8, 4) is 0 Å². The van der Waals surface area contributed by atoms with Crippen molar-refractivity contribution < 1.29 is 24.2 Å². The number of nitrogens with zero attached hydrogens (tertiary/aromatic N) is 1. The normalized spacial score (nSPS) is 26.4. The Morgan fingerprint density at radius 3 is 2.16 bits per heavy atom. The zero-order chi connectivity index (χ0) is 23.1. The average Bonchev–Trinajstić information content (AvgIpc) is 2.78. The summed E-state index contributed by atoms with van der Waals surface area (Å²) in [6.45, 7) is 5.40. The van der Waals surface area contributed by atoms with Crippen LogP contribution in [0.5, 0.6) is 0 Å². The van der Waals surface area contributed by atoms with E-state index in [0.29, 0.717) is 5.71 Å². The number of anilines is 1. The number of hydrogen-bond acceptors (Lipinski definition) is 7. The topological polar surface area (TPSA) is 97.2 Å². The highest BCUT2D eigenvalue weighted by atomic mass is 16.5. The van der Waals surface area contributed by atoms with Crippen LogP contribution in [0.1, 0.15) is 38.7 Å². The van der Waals surface area contributed by atoms with Crippen molar-refractivity contribution in [2.24, 2.45) is 16.9 Å². The van der Waals surface area contributed by atoms with Crippen molar-refractivity contribution in [2.45, 2.75) is 38.7 Å². The Morgan fingerprint density at radius 1 is 1.00 bits per heavy atom. The molecular weight excluding hydrogens is 408 g/mol. The Kier molecular flexibility index (Phi) is 7.64. The second-order valence-corrected chi connectivity index (χ2v) is 8.01. The maximum Gasteiger partial charge on any atom is 0.315 e. The van der Waals surface area contributed by atoms with Crippen LogP contribution in [0.3, 0.4) is 0 Å². The van der Waals surface area contributed by atoms with E-state index in [4.69, 9.17) is 9.47 Å². The Balaban J connectivity index is 2.12. The van der Waals surface area contributed by atoms with Crippen LogP contribution < -0.4 is 5.43 Å². The number of aliphatic hydroxyl groups is 1. The number of rotatable bonds is 7. The zero-order valence-corrected chi connectivity index (χ0v) is 18.7. The monoisotopic (exact) mass is 438 g/mol. The molecule has 2 N–H and O–H groups in total. The summed E-state index contributed by atoms with van der Waals surface area (Å²) < 4.78 is 10.7. The quantitative estimate of drug-likeness (QED) is 0.505. The lowest BCUT2D eigenvalue weighted by Gasteiger charge is -2.45. The third kappa shape index (κ3) is 5.16. The summed E-state index contributed by atoms with van der Waals surface area (Å²) in [6.07, 6.45) is 0.0170. The van der Waals surface area contributed by atoms with Crippen molar-refractivity contribution in [3.63, 3.8) is 0 Å². The number of hydrogen-bond donors (Lipinski definition) is 2. The first-order valence-corrected chi connectivity index (χ1v) is 10.9. The van der Waals surface area contributed by atoms with E-state index in [0.717, 1.165) is 11.3 Å². The summed E-state index contributed by atoms with van der Waals surface area (Å²) in [5.74, 6) is -3.55. The molecule has 1 fully saturated rings. The van der Waals surface area contributed by atoms with Crippen LogP contribution in [0, 0.1) is 11.8 Å². The van der Waals surface area contributed by atoms with Gasteiger partial charge in [-0.15, -0.1) is 0 Å². The molecule has 7 heteroatoms. The number of ether oxygens (including phenoxy) is 2. The van der Waals surface area contributed by atoms with Gasteiger partial charge in [-0.25, -0.2) is 0 Å². The Hall–Kier alpha value is -3.19. The molecule has 0 heterocycles. The van der Waals surface area contributed by atoms with Gasteiger partial charge in [-0.3, -0.25) is 15.0 Å². The molecule has 0 unspecified atom stereocenters. The SMILES string of the molecule is CCOC(=O)[C@@H]1C(=NNc2ccccc2)C[C@](C)(O)[C@@H](C(=O)OCC)[C@H]1c1ccccc1. The second kappa shape index (κ2) is 10.4. The highest BCUT2D eigenvalue weighted by molar-refractivity contribution is 6.06. The largest absolute Gasteiger partial charge is 0.466 e. The van der Waals surface area contributed by atoms with E-state index in [2.05, 4.69) is 10.5 Å². The van der Waals surface area contributed by atoms with Crippen molar-refractivity contribution in [1.29, 1.82) is 0 Å². The molecule has 170 valence electrons. The van der Waals surface area contributed by atoms with Crippen molar-refractivity contribution >= 4 is 23.3 Å². The molecule has 0 bridgehead atoms. The van der Waals surface area contributed by atoms with E-state index < -0.39 is 35.3 Å². The van der Waals surface area contributed by atoms with Gasteiger partial charge >= 0.3 is 11.9 Å². The molecule has 0 aromatic heterocycles. The molecule has 0 saturated heterocycles. The Morgan fingerprint density at radius 2 is 1.56 bits per heavy atom. The van der Waals surface area contributed by atoms with Gasteiger partial charge in [0.05, 0.1) is 36.1 Å². The maximum absolute atomic E-state index is 13.2. The van der Waals surface area contributed by atoms with Gasteiger partial charge in [-0.2, -0.15) is 5.10 Å². The van der Waals surface area contributed by atoms with Gasteiger partial charge in [-0.05, 0) is 38.5 Å². The Labute approximate surface area is 188 Å². The third-order valence-electron chi connectivity index (χ3n) is 5.65. The van der Waals surface area contributed by atoms with Gasteiger partial charge < -0.3 is 14.6 Å². The number of para-hydroxylation sites is 1. The molecule has 3 rings (SSSR count). The number of carbonyl (C=O) groups excluding carboxylic acids is 2. The number of nitrogens with one attached hydrogen (secondary N) is 1. The standard InChI is InChI=1S/C25H30N2O5/c1-4-31-23(28)21-19(27-26-18-14-10-7-11-15-18)16-25(3,30)22(24(29)32-5-2)20(21)17-12-8-6-9-13-17/h6-15,20-22,26,30H,4-5,16H2,1-3H3/t20-,21+,22+,25-/m0/s1. The second-order valence-electron chi connectivity index (χ2n) is 8.01. The minimum absolute atomic E-state index is 0.0170. The van der Waals surface area contributed by atoms with Crippen LogP contribution in [0.25, 0.3) is 0 Å². The van der Waals surface area contributed by atoms with Crippen molar-refractivity contribution in [2.75, 3.05) is 18.6 Å². The number of esters is 2. The zero-order valence-electron chi connectivity index (χ0n) is 18.7. The predicted octanol–water partition coefficient (Wildman–Crippen LogP) is 3.75. The number of carbonyl (C=O) groups is 2. The summed E-state index contributed by atoms with van der Waals surface area (Å²) >= 11 is 0. The van der Waals surface area contributed by atoms with Crippen LogP contribution >= 0.6 is 0 Å². The van der Waals surface area contributed by atoms with Crippen molar-refractivity contribution in [1.82, 2.24) is 0 Å². The first kappa shape index (κ1) is 23.5. The fraction of sp³-hybridized carbons (Fsp3) is 0.400. The maximum atomic E-state index is 13.2. The molecule has 0 amide bonds. The fourth-order valence-corrected chi connectivity index (χ4v) is 4.34. The van der Waals surface area contributed by atoms with Gasteiger partial charge in [0.2, 0.25) is 0 Å². The smallest absolute Gasteiger partial charge is 0.315 e. The molecule has 0 radical (unpaired) electrons. The summed E-state index contributed by atoms with van der Waals surface area (Å²) in [7, 11) is 0. The molecule has 0 aliphatic heterocycles. The van der Waals surface area contributed by atoms with Gasteiger partial charge in [-0.1, -0.05) is 48.5 Å². The molecule has 32 heavy (non-hydrogen) atoms. The highest BCUT2D eigenvalue weighted by Gasteiger charge is 2.56. The van der Waals surface area contributed by atoms with Gasteiger partial charge in [0.25, 0.3) is 0 Å². The third-order valence-corrected chi connectivity index (χ3v) is 5.65. The average molecular weight is 439 g/mol. The minimum Gasteiger partial charge on any atom is -0.466 e. The van der Waals surface area contributed by atoms with E-state index >= 15 is 0 Å². The molecule has 1 aliphatic rings. The van der Waals surface area contributed by atoms with Crippen LogP contribution in [0.15, 0.2) is 65.8 Å². The number of benzene rings is 2. The lowest BCUT2D eigenvalue weighted by Crippen LogP contribution is -2.55. The summed E-state index contributed by atoms with van der Waals surface area (Å²) in [6, 6.07) is 18.5. The van der Waals surface area contributed by atoms with Gasteiger partial charge in [0.15, 0.2) is 0 Å². The Bertz CT molecular complexity index is 943. The first-order chi connectivity index (χ1) is 15.4. The predicted molar refractivity (Wildman–Crippen MR) is 122 cm³/mol. The number of hydrazone groups is 1. The molecule has 0 spiro atoms. The molecule has 2 aromatic carbocycles. The lowest BCUT2D eigenvalue weighted by atomic mass is 9.61. The van der Waals surface area contributed by atoms with E-state index in [9.17, 15) is 14.7 Å². The first-order valence-electron chi connectivity index (χ1n) is 10.9. The summed E-state index contributed by atoms with van der Waals surface area (Å²) in [5.41, 5.74) is 3.39. The molecule has 7 nitrogen and oxygen atoms in total.